The minimum atomic E-state index is -4.50. The highest BCUT2D eigenvalue weighted by molar-refractivity contribution is 6.29. The van der Waals surface area contributed by atoms with Crippen molar-refractivity contribution in [3.63, 3.8) is 0 Å². The molecule has 0 atom stereocenters. The number of nitrogens with zero attached hydrogens (tertiary/aromatic N) is 1. The van der Waals surface area contributed by atoms with Crippen LogP contribution >= 0.6 is 11.6 Å². The van der Waals surface area contributed by atoms with Crippen LogP contribution in [0.25, 0.3) is 0 Å². The summed E-state index contributed by atoms with van der Waals surface area (Å²) in [4.78, 5) is 15.5. The van der Waals surface area contributed by atoms with Crippen LogP contribution in [0.2, 0.25) is 5.15 Å². The summed E-state index contributed by atoms with van der Waals surface area (Å²) < 4.78 is 54.1. The molecular weight excluding hydrogens is 364 g/mol. The Morgan fingerprint density at radius 3 is 2.64 bits per heavy atom. The normalized spacial score (nSPS) is 11.2. The van der Waals surface area contributed by atoms with Gasteiger partial charge in [0.15, 0.2) is 6.61 Å². The minimum absolute atomic E-state index is 0.0127. The molecule has 2 aromatic rings. The number of carbonyl (C=O) groups excluding carboxylic acids is 1. The lowest BCUT2D eigenvalue weighted by Crippen LogP contribution is -2.24. The molecule has 9 heteroatoms. The third-order valence-corrected chi connectivity index (χ3v) is 3.15. The average Bonchev–Trinajstić information content (AvgIpc) is 2.50. The van der Waals surface area contributed by atoms with E-state index < -0.39 is 18.6 Å². The SMILES string of the molecule is O=C(Cc1cccc(F)c1)NCc1cc(Cl)nc(OCC(F)(F)F)c1. The lowest BCUT2D eigenvalue weighted by molar-refractivity contribution is -0.154. The first-order valence-corrected chi connectivity index (χ1v) is 7.46. The van der Waals surface area contributed by atoms with Crippen molar-refractivity contribution in [2.45, 2.75) is 19.1 Å². The van der Waals surface area contributed by atoms with Crippen molar-refractivity contribution in [1.82, 2.24) is 10.3 Å². The molecular formula is C16H13ClF4N2O2. The third kappa shape index (κ3) is 6.96. The highest BCUT2D eigenvalue weighted by Gasteiger charge is 2.28. The summed E-state index contributed by atoms with van der Waals surface area (Å²) in [6.07, 6.45) is -4.53. The van der Waals surface area contributed by atoms with Crippen molar-refractivity contribution in [3.05, 3.63) is 58.5 Å². The smallest absolute Gasteiger partial charge is 0.422 e. The highest BCUT2D eigenvalue weighted by atomic mass is 35.5. The van der Waals surface area contributed by atoms with E-state index in [9.17, 15) is 22.4 Å². The quantitative estimate of drug-likeness (QED) is 0.618. The maximum atomic E-state index is 13.1. The van der Waals surface area contributed by atoms with Gasteiger partial charge in [0.25, 0.3) is 0 Å². The molecule has 1 aromatic heterocycles. The molecule has 2 rings (SSSR count). The molecule has 0 fully saturated rings. The van der Waals surface area contributed by atoms with Crippen LogP contribution in [0.15, 0.2) is 36.4 Å². The van der Waals surface area contributed by atoms with E-state index in [0.29, 0.717) is 11.1 Å². The van der Waals surface area contributed by atoms with E-state index in [1.165, 1.54) is 30.3 Å². The van der Waals surface area contributed by atoms with Crippen LogP contribution in [0.3, 0.4) is 0 Å². The van der Waals surface area contributed by atoms with Crippen LogP contribution in [-0.2, 0) is 17.8 Å². The topological polar surface area (TPSA) is 51.2 Å². The zero-order valence-corrected chi connectivity index (χ0v) is 13.5. The van der Waals surface area contributed by atoms with Crippen molar-refractivity contribution < 1.29 is 27.1 Å². The molecule has 25 heavy (non-hydrogen) atoms. The second kappa shape index (κ2) is 8.15. The van der Waals surface area contributed by atoms with E-state index >= 15 is 0 Å². The number of pyridine rings is 1. The van der Waals surface area contributed by atoms with E-state index in [0.717, 1.165) is 0 Å². The molecule has 134 valence electrons. The molecule has 1 aromatic carbocycles. The van der Waals surface area contributed by atoms with Gasteiger partial charge in [-0.15, -0.1) is 0 Å². The number of halogens is 5. The Labute approximate surface area is 145 Å². The third-order valence-electron chi connectivity index (χ3n) is 2.96. The van der Waals surface area contributed by atoms with Crippen molar-refractivity contribution in [3.8, 4) is 5.88 Å². The number of hydrogen-bond acceptors (Lipinski definition) is 3. The number of benzene rings is 1. The Morgan fingerprint density at radius 2 is 1.96 bits per heavy atom. The lowest BCUT2D eigenvalue weighted by atomic mass is 10.1. The van der Waals surface area contributed by atoms with Gasteiger partial charge >= 0.3 is 6.18 Å². The van der Waals surface area contributed by atoms with Gasteiger partial charge in [0.2, 0.25) is 11.8 Å². The number of aromatic nitrogens is 1. The first-order valence-electron chi connectivity index (χ1n) is 7.08. The zero-order chi connectivity index (χ0) is 18.4. The number of alkyl halides is 3. The van der Waals surface area contributed by atoms with Gasteiger partial charge in [-0.25, -0.2) is 9.37 Å². The second-order valence-electron chi connectivity index (χ2n) is 5.12. The molecule has 1 N–H and O–H groups in total. The summed E-state index contributed by atoms with van der Waals surface area (Å²) in [6.45, 7) is -1.48. The number of rotatable bonds is 6. The predicted octanol–water partition coefficient (Wildman–Crippen LogP) is 3.67. The summed E-state index contributed by atoms with van der Waals surface area (Å²) in [5.74, 6) is -1.12. The van der Waals surface area contributed by atoms with Gasteiger partial charge in [-0.1, -0.05) is 23.7 Å². The predicted molar refractivity (Wildman–Crippen MR) is 82.7 cm³/mol. The van der Waals surface area contributed by atoms with Gasteiger partial charge in [0.1, 0.15) is 11.0 Å². The Hall–Kier alpha value is -2.35. The molecule has 4 nitrogen and oxygen atoms in total. The molecule has 0 spiro atoms. The Balaban J connectivity index is 1.93. The van der Waals surface area contributed by atoms with Crippen LogP contribution in [0.5, 0.6) is 5.88 Å². The molecule has 0 aliphatic carbocycles. The maximum absolute atomic E-state index is 13.1. The largest absolute Gasteiger partial charge is 0.468 e. The molecule has 0 saturated carbocycles. The molecule has 1 amide bonds. The summed E-state index contributed by atoms with van der Waals surface area (Å²) in [6, 6.07) is 8.25. The first-order chi connectivity index (χ1) is 11.7. The zero-order valence-electron chi connectivity index (χ0n) is 12.7. The lowest BCUT2D eigenvalue weighted by Gasteiger charge is -2.11. The van der Waals surface area contributed by atoms with E-state index in [4.69, 9.17) is 11.6 Å². The Morgan fingerprint density at radius 1 is 1.20 bits per heavy atom. The van der Waals surface area contributed by atoms with Crippen LogP contribution in [0.1, 0.15) is 11.1 Å². The van der Waals surface area contributed by atoms with Gasteiger partial charge in [-0.05, 0) is 29.3 Å². The number of nitrogens with one attached hydrogen (secondary N) is 1. The fraction of sp³-hybridized carbons (Fsp3) is 0.250. The number of hydrogen-bond donors (Lipinski definition) is 1. The van der Waals surface area contributed by atoms with Crippen molar-refractivity contribution in [2.24, 2.45) is 0 Å². The van der Waals surface area contributed by atoms with Gasteiger partial charge in [-0.2, -0.15) is 13.2 Å². The Bertz CT molecular complexity index is 753. The van der Waals surface area contributed by atoms with Gasteiger partial charge in [-0.3, -0.25) is 4.79 Å². The summed E-state index contributed by atoms with van der Waals surface area (Å²) >= 11 is 5.74. The maximum Gasteiger partial charge on any atom is 0.422 e. The van der Waals surface area contributed by atoms with Crippen molar-refractivity contribution in [2.75, 3.05) is 6.61 Å². The molecule has 0 unspecified atom stereocenters. The van der Waals surface area contributed by atoms with Gasteiger partial charge in [0, 0.05) is 12.6 Å². The summed E-state index contributed by atoms with van der Waals surface area (Å²) in [5, 5.41) is 2.51. The van der Waals surface area contributed by atoms with Crippen LogP contribution in [0, 0.1) is 5.82 Å². The standard InChI is InChI=1S/C16H13ClF4N2O2/c17-13-5-11(7-15(23-13)25-9-16(19,20)21)8-22-14(24)6-10-2-1-3-12(18)4-10/h1-5,7H,6,8-9H2,(H,22,24). The summed E-state index contributed by atoms with van der Waals surface area (Å²) in [5.41, 5.74) is 0.921. The average molecular weight is 377 g/mol. The number of ether oxygens (including phenoxy) is 1. The Kier molecular flexibility index (Phi) is 6.19. The van der Waals surface area contributed by atoms with Crippen molar-refractivity contribution in [1.29, 1.82) is 0 Å². The van der Waals surface area contributed by atoms with Crippen LogP contribution in [-0.4, -0.2) is 23.7 Å². The molecule has 0 radical (unpaired) electrons. The number of carbonyl (C=O) groups is 1. The van der Waals surface area contributed by atoms with E-state index in [-0.39, 0.29) is 29.9 Å². The monoisotopic (exact) mass is 376 g/mol. The van der Waals surface area contributed by atoms with E-state index in [2.05, 4.69) is 15.0 Å². The first kappa shape index (κ1) is 19.0. The van der Waals surface area contributed by atoms with Crippen molar-refractivity contribution >= 4 is 17.5 Å². The highest BCUT2D eigenvalue weighted by Crippen LogP contribution is 2.20. The number of amides is 1. The minimum Gasteiger partial charge on any atom is -0.468 e. The van der Waals surface area contributed by atoms with Gasteiger partial charge in [0.05, 0.1) is 6.42 Å². The molecule has 1 heterocycles. The van der Waals surface area contributed by atoms with Gasteiger partial charge < -0.3 is 10.1 Å². The molecule has 0 bridgehead atoms. The molecule has 0 saturated heterocycles. The van der Waals surface area contributed by atoms with E-state index in [1.807, 2.05) is 0 Å². The second-order valence-corrected chi connectivity index (χ2v) is 5.51. The fourth-order valence-corrected chi connectivity index (χ4v) is 2.17. The summed E-state index contributed by atoms with van der Waals surface area (Å²) in [7, 11) is 0. The molecule has 0 aliphatic heterocycles. The van der Waals surface area contributed by atoms with Crippen LogP contribution in [0.4, 0.5) is 17.6 Å². The van der Waals surface area contributed by atoms with Crippen LogP contribution < -0.4 is 10.1 Å². The fourth-order valence-electron chi connectivity index (χ4n) is 1.95. The molecule has 0 aliphatic rings. The van der Waals surface area contributed by atoms with E-state index in [1.54, 1.807) is 6.07 Å².